The van der Waals surface area contributed by atoms with Crippen molar-refractivity contribution in [3.8, 4) is 0 Å². The standard InChI is InChI=1S/C11H13N.C2H6/c1-8-5-4-6-11-10(8)7-9(2)12(11)3;1-2/h4-7H,1-3H3;1-2H3. The van der Waals surface area contributed by atoms with Crippen LogP contribution < -0.4 is 0 Å². The van der Waals surface area contributed by atoms with Crippen molar-refractivity contribution in [1.82, 2.24) is 4.57 Å². The molecular weight excluding hydrogens is 170 g/mol. The van der Waals surface area contributed by atoms with Crippen LogP contribution in [0.4, 0.5) is 0 Å². The Hall–Kier alpha value is -1.24. The number of hydrogen-bond donors (Lipinski definition) is 0. The van der Waals surface area contributed by atoms with Gasteiger partial charge in [-0.15, -0.1) is 0 Å². The van der Waals surface area contributed by atoms with E-state index in [4.69, 9.17) is 0 Å². The van der Waals surface area contributed by atoms with E-state index in [1.807, 2.05) is 13.8 Å². The lowest BCUT2D eigenvalue weighted by molar-refractivity contribution is 0.918. The van der Waals surface area contributed by atoms with Gasteiger partial charge in [0.1, 0.15) is 0 Å². The molecule has 1 aromatic heterocycles. The van der Waals surface area contributed by atoms with Gasteiger partial charge in [-0.1, -0.05) is 26.0 Å². The van der Waals surface area contributed by atoms with Crippen LogP contribution in [-0.2, 0) is 7.05 Å². The van der Waals surface area contributed by atoms with Gasteiger partial charge in [0.05, 0.1) is 0 Å². The van der Waals surface area contributed by atoms with Crippen molar-refractivity contribution in [3.63, 3.8) is 0 Å². The van der Waals surface area contributed by atoms with Gasteiger partial charge >= 0.3 is 0 Å². The molecule has 2 aromatic rings. The highest BCUT2D eigenvalue weighted by Crippen LogP contribution is 2.20. The minimum absolute atomic E-state index is 1.32. The lowest BCUT2D eigenvalue weighted by atomic mass is 10.1. The van der Waals surface area contributed by atoms with Crippen molar-refractivity contribution in [2.24, 2.45) is 7.05 Å². The number of fused-ring (bicyclic) bond motifs is 1. The van der Waals surface area contributed by atoms with Gasteiger partial charge in [-0.25, -0.2) is 0 Å². The molecule has 2 rings (SSSR count). The Morgan fingerprint density at radius 3 is 2.29 bits per heavy atom. The summed E-state index contributed by atoms with van der Waals surface area (Å²) in [5.41, 5.74) is 4.00. The van der Waals surface area contributed by atoms with E-state index in [-0.39, 0.29) is 0 Å². The van der Waals surface area contributed by atoms with Crippen LogP contribution in [0.5, 0.6) is 0 Å². The quantitative estimate of drug-likeness (QED) is 0.593. The van der Waals surface area contributed by atoms with Gasteiger partial charge < -0.3 is 4.57 Å². The largest absolute Gasteiger partial charge is 0.348 e. The van der Waals surface area contributed by atoms with Crippen LogP contribution in [0.25, 0.3) is 10.9 Å². The molecular formula is C13H19N. The summed E-state index contributed by atoms with van der Waals surface area (Å²) in [5.74, 6) is 0. The smallest absolute Gasteiger partial charge is 0.0482 e. The summed E-state index contributed by atoms with van der Waals surface area (Å²) in [6.45, 7) is 8.29. The first kappa shape index (κ1) is 10.8. The Kier molecular flexibility index (Phi) is 3.34. The van der Waals surface area contributed by atoms with Crippen LogP contribution in [-0.4, -0.2) is 4.57 Å². The number of hydrogen-bond acceptors (Lipinski definition) is 0. The Bertz CT molecular complexity index is 424. The van der Waals surface area contributed by atoms with E-state index in [9.17, 15) is 0 Å². The molecule has 0 aliphatic rings. The van der Waals surface area contributed by atoms with Gasteiger partial charge in [0.2, 0.25) is 0 Å². The summed E-state index contributed by atoms with van der Waals surface area (Å²) >= 11 is 0. The highest BCUT2D eigenvalue weighted by atomic mass is 14.9. The van der Waals surface area contributed by atoms with Gasteiger partial charge in [0.15, 0.2) is 0 Å². The van der Waals surface area contributed by atoms with Crippen molar-refractivity contribution in [2.75, 3.05) is 0 Å². The van der Waals surface area contributed by atoms with Gasteiger partial charge in [-0.2, -0.15) is 0 Å². The van der Waals surface area contributed by atoms with E-state index < -0.39 is 0 Å². The lowest BCUT2D eigenvalue weighted by Gasteiger charge is -1.98. The van der Waals surface area contributed by atoms with Crippen LogP contribution in [0.2, 0.25) is 0 Å². The zero-order valence-electron chi connectivity index (χ0n) is 9.76. The first-order chi connectivity index (χ1) is 6.70. The van der Waals surface area contributed by atoms with E-state index in [1.54, 1.807) is 0 Å². The van der Waals surface area contributed by atoms with Crippen molar-refractivity contribution in [1.29, 1.82) is 0 Å². The SMILES string of the molecule is CC.Cc1cccc2c1cc(C)n2C. The molecule has 0 radical (unpaired) electrons. The highest BCUT2D eigenvalue weighted by Gasteiger charge is 2.02. The number of rotatable bonds is 0. The summed E-state index contributed by atoms with van der Waals surface area (Å²) < 4.78 is 2.22. The fourth-order valence-corrected chi connectivity index (χ4v) is 1.64. The zero-order chi connectivity index (χ0) is 10.7. The molecule has 0 N–H and O–H groups in total. The maximum atomic E-state index is 2.24. The Morgan fingerprint density at radius 2 is 1.71 bits per heavy atom. The fourth-order valence-electron chi connectivity index (χ4n) is 1.64. The first-order valence-corrected chi connectivity index (χ1v) is 5.22. The van der Waals surface area contributed by atoms with Crippen LogP contribution in [0.15, 0.2) is 24.3 Å². The van der Waals surface area contributed by atoms with Crippen molar-refractivity contribution in [3.05, 3.63) is 35.5 Å². The summed E-state index contributed by atoms with van der Waals surface area (Å²) in [7, 11) is 2.11. The lowest BCUT2D eigenvalue weighted by Crippen LogP contribution is -1.88. The molecule has 0 aliphatic carbocycles. The molecule has 0 amide bonds. The zero-order valence-corrected chi connectivity index (χ0v) is 9.76. The van der Waals surface area contributed by atoms with Crippen molar-refractivity contribution < 1.29 is 0 Å². The number of nitrogens with zero attached hydrogens (tertiary/aromatic N) is 1. The third-order valence-electron chi connectivity index (χ3n) is 2.54. The molecule has 1 heteroatoms. The highest BCUT2D eigenvalue weighted by molar-refractivity contribution is 5.84. The molecule has 0 saturated heterocycles. The van der Waals surface area contributed by atoms with E-state index in [0.717, 1.165) is 0 Å². The predicted molar refractivity (Wildman–Crippen MR) is 63.7 cm³/mol. The molecule has 76 valence electrons. The predicted octanol–water partition coefficient (Wildman–Crippen LogP) is 3.82. The fraction of sp³-hybridized carbons (Fsp3) is 0.385. The van der Waals surface area contributed by atoms with Crippen LogP contribution >= 0.6 is 0 Å². The summed E-state index contributed by atoms with van der Waals surface area (Å²) in [4.78, 5) is 0. The monoisotopic (exact) mass is 189 g/mol. The second-order valence-corrected chi connectivity index (χ2v) is 3.35. The van der Waals surface area contributed by atoms with E-state index >= 15 is 0 Å². The van der Waals surface area contributed by atoms with Gasteiger partial charge in [0, 0.05) is 23.6 Å². The van der Waals surface area contributed by atoms with E-state index in [2.05, 4.69) is 49.7 Å². The maximum absolute atomic E-state index is 2.24. The third-order valence-corrected chi connectivity index (χ3v) is 2.54. The average Bonchev–Trinajstić information content (AvgIpc) is 2.50. The average molecular weight is 189 g/mol. The summed E-state index contributed by atoms with van der Waals surface area (Å²) in [6, 6.07) is 8.67. The minimum atomic E-state index is 1.32. The summed E-state index contributed by atoms with van der Waals surface area (Å²) in [6.07, 6.45) is 0. The molecule has 0 spiro atoms. The van der Waals surface area contributed by atoms with Gasteiger partial charge in [0.25, 0.3) is 0 Å². The molecule has 1 nitrogen and oxygen atoms in total. The number of benzene rings is 1. The van der Waals surface area contributed by atoms with Crippen molar-refractivity contribution >= 4 is 10.9 Å². The molecule has 1 aromatic carbocycles. The molecule has 0 fully saturated rings. The molecule has 0 saturated carbocycles. The van der Waals surface area contributed by atoms with Crippen LogP contribution in [0, 0.1) is 13.8 Å². The van der Waals surface area contributed by atoms with Gasteiger partial charge in [-0.05, 0) is 31.5 Å². The number of aromatic nitrogens is 1. The molecule has 14 heavy (non-hydrogen) atoms. The van der Waals surface area contributed by atoms with Crippen LogP contribution in [0.3, 0.4) is 0 Å². The molecule has 0 bridgehead atoms. The van der Waals surface area contributed by atoms with Crippen molar-refractivity contribution in [2.45, 2.75) is 27.7 Å². The van der Waals surface area contributed by atoms with Crippen LogP contribution in [0.1, 0.15) is 25.1 Å². The second kappa shape index (κ2) is 4.32. The molecule has 0 atom stereocenters. The molecule has 1 heterocycles. The third kappa shape index (κ3) is 1.67. The summed E-state index contributed by atoms with van der Waals surface area (Å²) in [5, 5.41) is 1.37. The number of aryl methyl sites for hydroxylation is 3. The Morgan fingerprint density at radius 1 is 1.07 bits per heavy atom. The Balaban J connectivity index is 0.000000461. The second-order valence-electron chi connectivity index (χ2n) is 3.35. The Labute approximate surface area is 86.4 Å². The topological polar surface area (TPSA) is 4.93 Å². The molecule has 0 aliphatic heterocycles. The van der Waals surface area contributed by atoms with E-state index in [0.29, 0.717) is 0 Å². The minimum Gasteiger partial charge on any atom is -0.348 e. The van der Waals surface area contributed by atoms with Gasteiger partial charge in [-0.3, -0.25) is 0 Å². The maximum Gasteiger partial charge on any atom is 0.0482 e. The normalized spacial score (nSPS) is 9.79. The first-order valence-electron chi connectivity index (χ1n) is 5.22. The van der Waals surface area contributed by atoms with E-state index in [1.165, 1.54) is 22.2 Å². The molecule has 0 unspecified atom stereocenters.